The topological polar surface area (TPSA) is 39.5 Å². The van der Waals surface area contributed by atoms with Crippen LogP contribution in [0.3, 0.4) is 0 Å². The second kappa shape index (κ2) is 12.7. The van der Waals surface area contributed by atoms with Gasteiger partial charge in [-0.1, -0.05) is 51.2 Å². The second-order valence-corrected chi connectivity index (χ2v) is 7.29. The third-order valence-corrected chi connectivity index (χ3v) is 5.10. The summed E-state index contributed by atoms with van der Waals surface area (Å²) in [6.07, 6.45) is 8.43. The highest BCUT2D eigenvalue weighted by atomic mass is 16.5. The summed E-state index contributed by atoms with van der Waals surface area (Å²) in [5.41, 5.74) is 1.35. The number of ether oxygens (including phenoxy) is 1. The monoisotopic (exact) mass is 357 g/mol. The van der Waals surface area contributed by atoms with Crippen molar-refractivity contribution in [1.29, 1.82) is 5.26 Å². The molecule has 0 bridgehead atoms. The van der Waals surface area contributed by atoms with Crippen LogP contribution in [0.15, 0.2) is 24.3 Å². The summed E-state index contributed by atoms with van der Waals surface area (Å²) in [5.74, 6) is 0.989. The molecule has 1 aliphatic rings. The van der Waals surface area contributed by atoms with Crippen LogP contribution in [0, 0.1) is 11.3 Å². The van der Waals surface area contributed by atoms with Crippen LogP contribution in [0.1, 0.15) is 57.4 Å². The van der Waals surface area contributed by atoms with E-state index in [2.05, 4.69) is 47.1 Å². The van der Waals surface area contributed by atoms with Crippen molar-refractivity contribution in [3.8, 4) is 11.8 Å². The molecule has 1 aromatic carbocycles. The maximum Gasteiger partial charge on any atom is 0.119 e. The molecule has 2 rings (SSSR count). The first-order valence-corrected chi connectivity index (χ1v) is 10.3. The number of nitrogens with zero attached hydrogens (tertiary/aromatic N) is 3. The average molecular weight is 358 g/mol. The molecule has 1 heterocycles. The van der Waals surface area contributed by atoms with Gasteiger partial charge < -0.3 is 4.74 Å². The zero-order valence-electron chi connectivity index (χ0n) is 16.5. The molecule has 26 heavy (non-hydrogen) atoms. The Bertz CT molecular complexity index is 515. The van der Waals surface area contributed by atoms with Crippen LogP contribution in [0.4, 0.5) is 0 Å². The number of unbranched alkanes of at least 4 members (excludes halogenated alkanes) is 5. The standard InChI is InChI=1S/C22H35N3O/c1-2-3-4-5-6-7-19-26-22-11-9-21(10-12-22)20-25-17-15-24(16-18-25)14-8-13-23/h9-12H,2-8,14-20H2,1H3. The third kappa shape index (κ3) is 8.21. The van der Waals surface area contributed by atoms with Gasteiger partial charge in [0.2, 0.25) is 0 Å². The molecule has 4 heteroatoms. The Morgan fingerprint density at radius 1 is 0.923 bits per heavy atom. The summed E-state index contributed by atoms with van der Waals surface area (Å²) in [7, 11) is 0. The predicted octanol–water partition coefficient (Wildman–Crippen LogP) is 4.46. The van der Waals surface area contributed by atoms with Crippen LogP contribution in [-0.2, 0) is 6.54 Å². The molecule has 0 unspecified atom stereocenters. The smallest absolute Gasteiger partial charge is 0.119 e. The lowest BCUT2D eigenvalue weighted by atomic mass is 10.1. The van der Waals surface area contributed by atoms with Crippen LogP contribution in [-0.4, -0.2) is 49.1 Å². The average Bonchev–Trinajstić information content (AvgIpc) is 2.68. The van der Waals surface area contributed by atoms with Gasteiger partial charge in [-0.25, -0.2) is 0 Å². The maximum atomic E-state index is 8.68. The molecule has 0 saturated carbocycles. The van der Waals surface area contributed by atoms with E-state index in [1.54, 1.807) is 0 Å². The van der Waals surface area contributed by atoms with E-state index >= 15 is 0 Å². The first-order valence-electron chi connectivity index (χ1n) is 10.3. The van der Waals surface area contributed by atoms with Gasteiger partial charge in [-0.05, 0) is 24.1 Å². The van der Waals surface area contributed by atoms with Crippen molar-refractivity contribution in [3.63, 3.8) is 0 Å². The number of nitriles is 1. The van der Waals surface area contributed by atoms with E-state index in [1.165, 1.54) is 37.7 Å². The van der Waals surface area contributed by atoms with E-state index in [0.717, 1.165) is 58.0 Å². The van der Waals surface area contributed by atoms with Crippen LogP contribution >= 0.6 is 0 Å². The van der Waals surface area contributed by atoms with Crippen LogP contribution in [0.25, 0.3) is 0 Å². The van der Waals surface area contributed by atoms with Crippen LogP contribution in [0.5, 0.6) is 5.75 Å². The lowest BCUT2D eigenvalue weighted by Gasteiger charge is -2.34. The van der Waals surface area contributed by atoms with Gasteiger partial charge in [-0.15, -0.1) is 0 Å². The highest BCUT2D eigenvalue weighted by Gasteiger charge is 2.16. The SMILES string of the molecule is CCCCCCCCOc1ccc(CN2CCN(CCC#N)CC2)cc1. The molecule has 0 amide bonds. The van der Waals surface area contributed by atoms with Gasteiger partial charge in [0.15, 0.2) is 0 Å². The molecular weight excluding hydrogens is 322 g/mol. The Kier molecular flexibility index (Phi) is 10.2. The maximum absolute atomic E-state index is 8.68. The number of piperazine rings is 1. The molecule has 144 valence electrons. The van der Waals surface area contributed by atoms with Crippen LogP contribution in [0.2, 0.25) is 0 Å². The third-order valence-electron chi connectivity index (χ3n) is 5.10. The molecule has 0 atom stereocenters. The molecule has 0 aliphatic carbocycles. The molecule has 1 fully saturated rings. The quantitative estimate of drug-likeness (QED) is 0.518. The van der Waals surface area contributed by atoms with Crippen molar-refractivity contribution in [1.82, 2.24) is 9.80 Å². The minimum atomic E-state index is 0.639. The highest BCUT2D eigenvalue weighted by molar-refractivity contribution is 5.27. The second-order valence-electron chi connectivity index (χ2n) is 7.29. The van der Waals surface area contributed by atoms with E-state index in [1.807, 2.05) is 0 Å². The minimum absolute atomic E-state index is 0.639. The lowest BCUT2D eigenvalue weighted by molar-refractivity contribution is 0.129. The Hall–Kier alpha value is -1.57. The van der Waals surface area contributed by atoms with Gasteiger partial charge in [-0.2, -0.15) is 5.26 Å². The molecule has 1 aliphatic heterocycles. The van der Waals surface area contributed by atoms with Gasteiger partial charge in [0, 0.05) is 45.7 Å². The summed E-state index contributed by atoms with van der Waals surface area (Å²) in [4.78, 5) is 4.88. The zero-order valence-corrected chi connectivity index (χ0v) is 16.5. The van der Waals surface area contributed by atoms with Crippen LogP contribution < -0.4 is 4.74 Å². The van der Waals surface area contributed by atoms with E-state index in [-0.39, 0.29) is 0 Å². The Morgan fingerprint density at radius 3 is 2.27 bits per heavy atom. The summed E-state index contributed by atoms with van der Waals surface area (Å²) >= 11 is 0. The van der Waals surface area contributed by atoms with Crippen molar-refractivity contribution >= 4 is 0 Å². The lowest BCUT2D eigenvalue weighted by Crippen LogP contribution is -2.46. The summed E-state index contributed by atoms with van der Waals surface area (Å²) < 4.78 is 5.86. The number of hydrogen-bond donors (Lipinski definition) is 0. The summed E-state index contributed by atoms with van der Waals surface area (Å²) in [6, 6.07) is 10.8. The first-order chi connectivity index (χ1) is 12.8. The van der Waals surface area contributed by atoms with Gasteiger partial charge in [0.25, 0.3) is 0 Å². The Labute approximate surface area is 159 Å². The Balaban J connectivity index is 1.60. The fourth-order valence-electron chi connectivity index (χ4n) is 3.40. The van der Waals surface area contributed by atoms with Gasteiger partial charge in [0.05, 0.1) is 12.7 Å². The number of rotatable bonds is 12. The van der Waals surface area contributed by atoms with Crippen molar-refractivity contribution in [2.24, 2.45) is 0 Å². The molecule has 1 aromatic rings. The first kappa shape index (κ1) is 20.7. The van der Waals surface area contributed by atoms with Crippen molar-refractivity contribution < 1.29 is 4.74 Å². The minimum Gasteiger partial charge on any atom is -0.494 e. The largest absolute Gasteiger partial charge is 0.494 e. The molecule has 4 nitrogen and oxygen atoms in total. The van der Waals surface area contributed by atoms with E-state index in [9.17, 15) is 0 Å². The molecular formula is C22H35N3O. The van der Waals surface area contributed by atoms with Gasteiger partial charge >= 0.3 is 0 Å². The number of hydrogen-bond acceptors (Lipinski definition) is 4. The summed E-state index contributed by atoms with van der Waals surface area (Å²) in [6.45, 7) is 9.31. The van der Waals surface area contributed by atoms with Crippen molar-refractivity contribution in [2.45, 2.75) is 58.4 Å². The van der Waals surface area contributed by atoms with Crippen molar-refractivity contribution in [3.05, 3.63) is 29.8 Å². The predicted molar refractivity (Wildman–Crippen MR) is 107 cm³/mol. The molecule has 0 spiro atoms. The Morgan fingerprint density at radius 2 is 1.58 bits per heavy atom. The van der Waals surface area contributed by atoms with E-state index in [0.29, 0.717) is 6.42 Å². The fraction of sp³-hybridized carbons (Fsp3) is 0.682. The zero-order chi connectivity index (χ0) is 18.5. The molecule has 0 N–H and O–H groups in total. The molecule has 0 aromatic heterocycles. The van der Waals surface area contributed by atoms with Crippen molar-refractivity contribution in [2.75, 3.05) is 39.3 Å². The summed E-state index contributed by atoms with van der Waals surface area (Å²) in [5, 5.41) is 8.68. The molecule has 0 radical (unpaired) electrons. The fourth-order valence-corrected chi connectivity index (χ4v) is 3.40. The number of benzene rings is 1. The van der Waals surface area contributed by atoms with Gasteiger partial charge in [-0.3, -0.25) is 9.80 Å². The molecule has 1 saturated heterocycles. The van der Waals surface area contributed by atoms with E-state index in [4.69, 9.17) is 10.00 Å². The van der Waals surface area contributed by atoms with Gasteiger partial charge in [0.1, 0.15) is 5.75 Å². The normalized spacial score (nSPS) is 15.7. The highest BCUT2D eigenvalue weighted by Crippen LogP contribution is 2.15. The van der Waals surface area contributed by atoms with E-state index < -0.39 is 0 Å².